The van der Waals surface area contributed by atoms with E-state index in [1.54, 1.807) is 0 Å². The molecule has 2 heterocycles. The number of hydrogen-bond acceptors (Lipinski definition) is 3. The molecule has 0 radical (unpaired) electrons. The molecule has 0 bridgehead atoms. The van der Waals surface area contributed by atoms with Gasteiger partial charge in [-0.1, -0.05) is 15.9 Å². The van der Waals surface area contributed by atoms with Crippen LogP contribution < -0.4 is 4.74 Å². The maximum Gasteiger partial charge on any atom is 0.307 e. The number of halogens is 1. The van der Waals surface area contributed by atoms with Crippen LogP contribution in [0.5, 0.6) is 5.75 Å². The molecule has 5 heteroatoms. The number of fused-ring (bicyclic) bond motifs is 1. The summed E-state index contributed by atoms with van der Waals surface area (Å²) in [6.07, 6.45) is 1.70. The maximum absolute atomic E-state index is 11.0. The highest BCUT2D eigenvalue weighted by molar-refractivity contribution is 9.10. The Bertz CT molecular complexity index is 518. The SMILES string of the molecule is O=C(O)C1CCN(Cc2cc(Br)cc3c2OCC3)C1. The topological polar surface area (TPSA) is 49.8 Å². The van der Waals surface area contributed by atoms with Crippen molar-refractivity contribution < 1.29 is 14.6 Å². The molecule has 1 unspecified atom stereocenters. The zero-order chi connectivity index (χ0) is 13.4. The van der Waals surface area contributed by atoms with E-state index in [1.807, 2.05) is 0 Å². The summed E-state index contributed by atoms with van der Waals surface area (Å²) < 4.78 is 6.78. The summed E-state index contributed by atoms with van der Waals surface area (Å²) in [6, 6.07) is 4.19. The summed E-state index contributed by atoms with van der Waals surface area (Å²) in [5, 5.41) is 9.04. The largest absolute Gasteiger partial charge is 0.493 e. The maximum atomic E-state index is 11.0. The third kappa shape index (κ3) is 2.62. The second-order valence-corrected chi connectivity index (χ2v) is 6.13. The van der Waals surface area contributed by atoms with Crippen molar-refractivity contribution in [3.05, 3.63) is 27.7 Å². The number of rotatable bonds is 3. The van der Waals surface area contributed by atoms with Gasteiger partial charge in [-0.3, -0.25) is 9.69 Å². The molecule has 3 rings (SSSR count). The molecule has 0 amide bonds. The van der Waals surface area contributed by atoms with E-state index in [1.165, 1.54) is 5.56 Å². The number of carbonyl (C=O) groups is 1. The lowest BCUT2D eigenvalue weighted by Gasteiger charge is -2.17. The first-order chi connectivity index (χ1) is 9.13. The van der Waals surface area contributed by atoms with Crippen molar-refractivity contribution in [2.75, 3.05) is 19.7 Å². The van der Waals surface area contributed by atoms with Gasteiger partial charge >= 0.3 is 5.97 Å². The van der Waals surface area contributed by atoms with Crippen LogP contribution in [0.1, 0.15) is 17.5 Å². The van der Waals surface area contributed by atoms with Crippen molar-refractivity contribution in [3.63, 3.8) is 0 Å². The molecule has 1 aromatic carbocycles. The van der Waals surface area contributed by atoms with Crippen LogP contribution in [0.4, 0.5) is 0 Å². The van der Waals surface area contributed by atoms with E-state index >= 15 is 0 Å². The predicted octanol–water partition coefficient (Wildman–Crippen LogP) is 2.29. The molecule has 2 aliphatic heterocycles. The predicted molar refractivity (Wildman–Crippen MR) is 74.4 cm³/mol. The number of carboxylic acids is 1. The van der Waals surface area contributed by atoms with Crippen LogP contribution in [0.25, 0.3) is 0 Å². The fourth-order valence-corrected chi connectivity index (χ4v) is 3.43. The first-order valence-corrected chi connectivity index (χ1v) is 7.32. The summed E-state index contributed by atoms with van der Waals surface area (Å²) in [5.74, 6) is 0.0984. The van der Waals surface area contributed by atoms with E-state index in [2.05, 4.69) is 33.0 Å². The van der Waals surface area contributed by atoms with Gasteiger partial charge in [-0.2, -0.15) is 0 Å². The van der Waals surface area contributed by atoms with E-state index in [4.69, 9.17) is 9.84 Å². The first-order valence-electron chi connectivity index (χ1n) is 6.53. The molecule has 0 saturated carbocycles. The molecule has 1 aromatic rings. The zero-order valence-corrected chi connectivity index (χ0v) is 12.1. The molecule has 102 valence electrons. The van der Waals surface area contributed by atoms with Crippen molar-refractivity contribution in [1.29, 1.82) is 0 Å². The molecule has 1 atom stereocenters. The summed E-state index contributed by atoms with van der Waals surface area (Å²) >= 11 is 3.53. The Morgan fingerprint density at radius 3 is 3.11 bits per heavy atom. The van der Waals surface area contributed by atoms with Gasteiger partial charge in [0.05, 0.1) is 12.5 Å². The minimum atomic E-state index is -0.682. The summed E-state index contributed by atoms with van der Waals surface area (Å²) in [6.45, 7) is 3.00. The number of hydrogen-bond donors (Lipinski definition) is 1. The van der Waals surface area contributed by atoms with Gasteiger partial charge in [0.25, 0.3) is 0 Å². The van der Waals surface area contributed by atoms with Crippen molar-refractivity contribution >= 4 is 21.9 Å². The van der Waals surface area contributed by atoms with Crippen molar-refractivity contribution in [3.8, 4) is 5.75 Å². The molecule has 1 fully saturated rings. The normalized spacial score (nSPS) is 22.3. The number of nitrogens with zero attached hydrogens (tertiary/aromatic N) is 1. The Morgan fingerprint density at radius 1 is 1.53 bits per heavy atom. The van der Waals surface area contributed by atoms with Crippen molar-refractivity contribution in [2.45, 2.75) is 19.4 Å². The van der Waals surface area contributed by atoms with Gasteiger partial charge in [0, 0.05) is 29.5 Å². The standard InChI is InChI=1S/C14H16BrNO3/c15-12-5-9-2-4-19-13(9)11(6-12)8-16-3-1-10(7-16)14(17)18/h5-6,10H,1-4,7-8H2,(H,17,18). The number of carboxylic acid groups (broad SMARTS) is 1. The highest BCUT2D eigenvalue weighted by Gasteiger charge is 2.29. The lowest BCUT2D eigenvalue weighted by molar-refractivity contribution is -0.141. The van der Waals surface area contributed by atoms with Crippen LogP contribution in [0.3, 0.4) is 0 Å². The third-order valence-corrected chi connectivity index (χ3v) is 4.30. The number of benzene rings is 1. The van der Waals surface area contributed by atoms with E-state index in [0.29, 0.717) is 6.54 Å². The smallest absolute Gasteiger partial charge is 0.307 e. The Hall–Kier alpha value is -1.07. The first kappa shape index (κ1) is 12.9. The van der Waals surface area contributed by atoms with E-state index < -0.39 is 5.97 Å². The van der Waals surface area contributed by atoms with Crippen LogP contribution in [0.2, 0.25) is 0 Å². The minimum Gasteiger partial charge on any atom is -0.493 e. The summed E-state index contributed by atoms with van der Waals surface area (Å²) in [7, 11) is 0. The zero-order valence-electron chi connectivity index (χ0n) is 10.6. The lowest BCUT2D eigenvalue weighted by atomic mass is 10.1. The Labute approximate surface area is 120 Å². The van der Waals surface area contributed by atoms with Crippen LogP contribution in [-0.2, 0) is 17.8 Å². The Morgan fingerprint density at radius 2 is 2.37 bits per heavy atom. The van der Waals surface area contributed by atoms with Gasteiger partial charge < -0.3 is 9.84 Å². The molecule has 1 N–H and O–H groups in total. The minimum absolute atomic E-state index is 0.221. The van der Waals surface area contributed by atoms with Gasteiger partial charge in [-0.05, 0) is 30.7 Å². The fourth-order valence-electron chi connectivity index (χ4n) is 2.88. The molecule has 19 heavy (non-hydrogen) atoms. The third-order valence-electron chi connectivity index (χ3n) is 3.84. The Balaban J connectivity index is 1.76. The molecule has 0 aromatic heterocycles. The van der Waals surface area contributed by atoms with E-state index in [-0.39, 0.29) is 5.92 Å². The van der Waals surface area contributed by atoms with Crippen LogP contribution in [0.15, 0.2) is 16.6 Å². The highest BCUT2D eigenvalue weighted by atomic mass is 79.9. The monoisotopic (exact) mass is 325 g/mol. The fraction of sp³-hybridized carbons (Fsp3) is 0.500. The van der Waals surface area contributed by atoms with Gasteiger partial charge in [0.1, 0.15) is 5.75 Å². The lowest BCUT2D eigenvalue weighted by Crippen LogP contribution is -2.23. The van der Waals surface area contributed by atoms with Crippen LogP contribution >= 0.6 is 15.9 Å². The second kappa shape index (κ2) is 5.13. The molecule has 1 saturated heterocycles. The molecule has 2 aliphatic rings. The van der Waals surface area contributed by atoms with Crippen molar-refractivity contribution in [1.82, 2.24) is 4.90 Å². The Kier molecular flexibility index (Phi) is 3.50. The number of likely N-dealkylation sites (tertiary alicyclic amines) is 1. The van der Waals surface area contributed by atoms with Gasteiger partial charge in [0.15, 0.2) is 0 Å². The van der Waals surface area contributed by atoms with Gasteiger partial charge in [-0.25, -0.2) is 0 Å². The van der Waals surface area contributed by atoms with E-state index in [0.717, 1.165) is 48.3 Å². The molecular weight excluding hydrogens is 310 g/mol. The summed E-state index contributed by atoms with van der Waals surface area (Å²) in [5.41, 5.74) is 2.41. The van der Waals surface area contributed by atoms with Crippen LogP contribution in [0, 0.1) is 5.92 Å². The quantitative estimate of drug-likeness (QED) is 0.926. The number of aliphatic carboxylic acids is 1. The number of ether oxygens (including phenoxy) is 1. The van der Waals surface area contributed by atoms with Crippen molar-refractivity contribution in [2.24, 2.45) is 5.92 Å². The van der Waals surface area contributed by atoms with Gasteiger partial charge in [0.2, 0.25) is 0 Å². The molecule has 4 nitrogen and oxygen atoms in total. The summed E-state index contributed by atoms with van der Waals surface area (Å²) in [4.78, 5) is 13.2. The second-order valence-electron chi connectivity index (χ2n) is 5.21. The van der Waals surface area contributed by atoms with E-state index in [9.17, 15) is 4.79 Å². The average Bonchev–Trinajstić information content (AvgIpc) is 2.96. The van der Waals surface area contributed by atoms with Gasteiger partial charge in [-0.15, -0.1) is 0 Å². The molecule has 0 spiro atoms. The average molecular weight is 326 g/mol. The molecule has 0 aliphatic carbocycles. The highest BCUT2D eigenvalue weighted by Crippen LogP contribution is 2.34. The molecular formula is C14H16BrNO3. The van der Waals surface area contributed by atoms with Crippen LogP contribution in [-0.4, -0.2) is 35.7 Å².